The van der Waals surface area contributed by atoms with Crippen molar-refractivity contribution in [3.63, 3.8) is 0 Å². The number of hydrogen-bond donors (Lipinski definition) is 0. The molecule has 16 heavy (non-hydrogen) atoms. The summed E-state index contributed by atoms with van der Waals surface area (Å²) in [7, 11) is 0. The van der Waals surface area contributed by atoms with Gasteiger partial charge >= 0.3 is 0 Å². The largest absolute Gasteiger partial charge is 0.373 e. The van der Waals surface area contributed by atoms with Crippen molar-refractivity contribution in [3.05, 3.63) is 35.4 Å². The zero-order chi connectivity index (χ0) is 11.0. The first-order chi connectivity index (χ1) is 7.80. The summed E-state index contributed by atoms with van der Waals surface area (Å²) in [5, 5.41) is 0.198. The van der Waals surface area contributed by atoms with Gasteiger partial charge < -0.3 is 9.47 Å². The van der Waals surface area contributed by atoms with Crippen LogP contribution in [0.5, 0.6) is 0 Å². The van der Waals surface area contributed by atoms with E-state index in [9.17, 15) is 0 Å². The lowest BCUT2D eigenvalue weighted by atomic mass is 9.83. The standard InChI is InChI=1S/C13H15ClO2/c14-11-5-6-16-13(7-11)9-15-8-10-3-1-2-4-12(10)13/h1-4,11H,5-9H2. The molecular formula is C13H15ClO2. The third-order valence-electron chi connectivity index (χ3n) is 3.46. The smallest absolute Gasteiger partial charge is 0.118 e. The summed E-state index contributed by atoms with van der Waals surface area (Å²) in [4.78, 5) is 0. The first-order valence-electron chi connectivity index (χ1n) is 5.74. The number of hydrogen-bond acceptors (Lipinski definition) is 2. The third kappa shape index (κ3) is 1.65. The van der Waals surface area contributed by atoms with Crippen LogP contribution in [0.3, 0.4) is 0 Å². The van der Waals surface area contributed by atoms with Gasteiger partial charge in [-0.3, -0.25) is 0 Å². The summed E-state index contributed by atoms with van der Waals surface area (Å²) in [5.41, 5.74) is 2.21. The fourth-order valence-electron chi connectivity index (χ4n) is 2.68. The lowest BCUT2D eigenvalue weighted by molar-refractivity contribution is -0.141. The maximum Gasteiger partial charge on any atom is 0.118 e. The molecule has 2 nitrogen and oxygen atoms in total. The molecule has 2 heterocycles. The summed E-state index contributed by atoms with van der Waals surface area (Å²) in [6.45, 7) is 2.05. The molecular weight excluding hydrogens is 224 g/mol. The Bertz CT molecular complexity index is 393. The predicted molar refractivity (Wildman–Crippen MR) is 62.6 cm³/mol. The number of fused-ring (bicyclic) bond motifs is 2. The minimum absolute atomic E-state index is 0.198. The summed E-state index contributed by atoms with van der Waals surface area (Å²) in [6.07, 6.45) is 1.79. The molecule has 0 amide bonds. The van der Waals surface area contributed by atoms with E-state index in [1.54, 1.807) is 0 Å². The van der Waals surface area contributed by atoms with Crippen molar-refractivity contribution in [2.24, 2.45) is 0 Å². The Labute approximate surface area is 101 Å². The van der Waals surface area contributed by atoms with Crippen LogP contribution in [0.15, 0.2) is 24.3 Å². The van der Waals surface area contributed by atoms with Crippen LogP contribution in [0, 0.1) is 0 Å². The van der Waals surface area contributed by atoms with Gasteiger partial charge in [-0.05, 0) is 24.0 Å². The van der Waals surface area contributed by atoms with E-state index in [0.717, 1.165) is 19.4 Å². The number of ether oxygens (including phenoxy) is 2. The van der Waals surface area contributed by atoms with Crippen molar-refractivity contribution in [3.8, 4) is 0 Å². The Kier molecular flexibility index (Phi) is 2.66. The maximum atomic E-state index is 6.27. The van der Waals surface area contributed by atoms with Crippen LogP contribution in [0.25, 0.3) is 0 Å². The Morgan fingerprint density at radius 1 is 1.31 bits per heavy atom. The molecule has 1 aromatic carbocycles. The van der Waals surface area contributed by atoms with Crippen LogP contribution in [0.4, 0.5) is 0 Å². The second-order valence-corrected chi connectivity index (χ2v) is 5.20. The molecule has 86 valence electrons. The molecule has 2 aliphatic rings. The molecule has 1 aromatic rings. The monoisotopic (exact) mass is 238 g/mol. The SMILES string of the molecule is ClC1CCOC2(COCc3ccccc32)C1. The molecule has 0 radical (unpaired) electrons. The molecule has 0 saturated carbocycles. The minimum Gasteiger partial charge on any atom is -0.373 e. The van der Waals surface area contributed by atoms with E-state index in [1.807, 2.05) is 6.07 Å². The quantitative estimate of drug-likeness (QED) is 0.647. The molecule has 1 fully saturated rings. The van der Waals surface area contributed by atoms with Crippen molar-refractivity contribution in [1.29, 1.82) is 0 Å². The molecule has 2 atom stereocenters. The van der Waals surface area contributed by atoms with Gasteiger partial charge in [-0.2, -0.15) is 0 Å². The van der Waals surface area contributed by atoms with Crippen molar-refractivity contribution < 1.29 is 9.47 Å². The number of rotatable bonds is 0. The van der Waals surface area contributed by atoms with Gasteiger partial charge in [-0.25, -0.2) is 0 Å². The molecule has 1 spiro atoms. The first-order valence-corrected chi connectivity index (χ1v) is 6.18. The van der Waals surface area contributed by atoms with Crippen molar-refractivity contribution in [1.82, 2.24) is 0 Å². The maximum absolute atomic E-state index is 6.27. The first kappa shape index (κ1) is 10.6. The normalized spacial score (nSPS) is 33.7. The van der Waals surface area contributed by atoms with Crippen LogP contribution >= 0.6 is 11.6 Å². The zero-order valence-electron chi connectivity index (χ0n) is 9.12. The molecule has 2 aliphatic heterocycles. The highest BCUT2D eigenvalue weighted by Crippen LogP contribution is 2.41. The van der Waals surface area contributed by atoms with Gasteiger partial charge in [0.1, 0.15) is 5.60 Å². The highest BCUT2D eigenvalue weighted by Gasteiger charge is 2.42. The Balaban J connectivity index is 2.02. The van der Waals surface area contributed by atoms with Gasteiger partial charge in [0, 0.05) is 12.0 Å². The summed E-state index contributed by atoms with van der Waals surface area (Å²) < 4.78 is 11.6. The second-order valence-electron chi connectivity index (χ2n) is 4.58. The Morgan fingerprint density at radius 3 is 3.06 bits per heavy atom. The topological polar surface area (TPSA) is 18.5 Å². The molecule has 1 saturated heterocycles. The van der Waals surface area contributed by atoms with E-state index in [0.29, 0.717) is 13.2 Å². The van der Waals surface area contributed by atoms with Crippen molar-refractivity contribution >= 4 is 11.6 Å². The summed E-state index contributed by atoms with van der Waals surface area (Å²) >= 11 is 6.27. The summed E-state index contributed by atoms with van der Waals surface area (Å²) in [5.74, 6) is 0. The van der Waals surface area contributed by atoms with E-state index in [4.69, 9.17) is 21.1 Å². The average molecular weight is 239 g/mol. The highest BCUT2D eigenvalue weighted by molar-refractivity contribution is 6.20. The lowest BCUT2D eigenvalue weighted by Gasteiger charge is -2.42. The third-order valence-corrected chi connectivity index (χ3v) is 3.83. The highest BCUT2D eigenvalue weighted by atomic mass is 35.5. The Morgan fingerprint density at radius 2 is 2.19 bits per heavy atom. The number of alkyl halides is 1. The zero-order valence-corrected chi connectivity index (χ0v) is 9.87. The van der Waals surface area contributed by atoms with Gasteiger partial charge in [0.25, 0.3) is 0 Å². The van der Waals surface area contributed by atoms with Crippen LogP contribution in [0.1, 0.15) is 24.0 Å². The van der Waals surface area contributed by atoms with Gasteiger partial charge in [0.05, 0.1) is 13.2 Å². The predicted octanol–water partition coefficient (Wildman–Crippen LogP) is 2.83. The number of halogens is 1. The van der Waals surface area contributed by atoms with Crippen LogP contribution in [-0.2, 0) is 21.7 Å². The number of benzene rings is 1. The molecule has 3 heteroatoms. The van der Waals surface area contributed by atoms with Gasteiger partial charge in [0.2, 0.25) is 0 Å². The molecule has 0 bridgehead atoms. The van der Waals surface area contributed by atoms with Gasteiger partial charge in [-0.1, -0.05) is 24.3 Å². The fraction of sp³-hybridized carbons (Fsp3) is 0.538. The second kappa shape index (κ2) is 4.02. The molecule has 3 rings (SSSR count). The molecule has 0 aliphatic carbocycles. The average Bonchev–Trinajstić information content (AvgIpc) is 2.30. The van der Waals surface area contributed by atoms with Gasteiger partial charge in [0.15, 0.2) is 0 Å². The summed E-state index contributed by atoms with van der Waals surface area (Å²) in [6, 6.07) is 8.36. The fourth-order valence-corrected chi connectivity index (χ4v) is 3.02. The van der Waals surface area contributed by atoms with E-state index in [2.05, 4.69) is 18.2 Å². The van der Waals surface area contributed by atoms with Crippen LogP contribution < -0.4 is 0 Å². The van der Waals surface area contributed by atoms with Crippen molar-refractivity contribution in [2.75, 3.05) is 13.2 Å². The molecule has 0 N–H and O–H groups in total. The van der Waals surface area contributed by atoms with E-state index in [1.165, 1.54) is 11.1 Å². The lowest BCUT2D eigenvalue weighted by Crippen LogP contribution is -2.44. The van der Waals surface area contributed by atoms with Gasteiger partial charge in [-0.15, -0.1) is 11.6 Å². The Hall–Kier alpha value is -0.570. The van der Waals surface area contributed by atoms with E-state index < -0.39 is 0 Å². The molecule has 2 unspecified atom stereocenters. The minimum atomic E-state index is -0.292. The molecule has 0 aromatic heterocycles. The van der Waals surface area contributed by atoms with E-state index >= 15 is 0 Å². The van der Waals surface area contributed by atoms with Crippen LogP contribution in [-0.4, -0.2) is 18.6 Å². The van der Waals surface area contributed by atoms with Crippen LogP contribution in [0.2, 0.25) is 0 Å². The van der Waals surface area contributed by atoms with Crippen molar-refractivity contribution in [2.45, 2.75) is 30.4 Å². The van der Waals surface area contributed by atoms with E-state index in [-0.39, 0.29) is 11.0 Å².